The predicted molar refractivity (Wildman–Crippen MR) is 39.5 cm³/mol. The van der Waals surface area contributed by atoms with E-state index in [9.17, 15) is 9.36 Å². The molecule has 0 spiro atoms. The van der Waals surface area contributed by atoms with E-state index < -0.39 is 8.25 Å². The van der Waals surface area contributed by atoms with E-state index in [4.69, 9.17) is 4.89 Å². The van der Waals surface area contributed by atoms with Gasteiger partial charge >= 0.3 is 8.25 Å². The number of hydrogen-bond acceptors (Lipinski definition) is 3. The zero-order valence-corrected chi connectivity index (χ0v) is 7.08. The minimum absolute atomic E-state index is 0.0695. The Labute approximate surface area is 65.5 Å². The summed E-state index contributed by atoms with van der Waals surface area (Å²) in [5, 5.41) is 0. The minimum Gasteiger partial charge on any atom is -0.326 e. The van der Waals surface area contributed by atoms with Crippen LogP contribution in [-0.2, 0) is 13.9 Å². The zero-order chi connectivity index (χ0) is 8.27. The molecule has 0 aliphatic heterocycles. The molecule has 0 heterocycles. The van der Waals surface area contributed by atoms with Crippen LogP contribution in [0.3, 0.4) is 0 Å². The first-order chi connectivity index (χ1) is 5.18. The highest BCUT2D eigenvalue weighted by Gasteiger charge is 2.24. The molecule has 0 saturated heterocycles. The van der Waals surface area contributed by atoms with Crippen molar-refractivity contribution in [3.8, 4) is 0 Å². The average Bonchev–Trinajstić information content (AvgIpc) is 2.67. The molecular formula is C6H11O4P. The van der Waals surface area contributed by atoms with Crippen LogP contribution in [0.1, 0.15) is 19.3 Å². The second-order valence-corrected chi connectivity index (χ2v) is 3.56. The summed E-state index contributed by atoms with van der Waals surface area (Å²) in [6, 6.07) is 0. The molecule has 11 heavy (non-hydrogen) atoms. The number of hydrogen-bond donors (Lipinski definition) is 1. The third-order valence-electron chi connectivity index (χ3n) is 1.57. The molecule has 1 aliphatic rings. The van der Waals surface area contributed by atoms with Gasteiger partial charge in [0.2, 0.25) is 0 Å². The van der Waals surface area contributed by atoms with E-state index in [1.54, 1.807) is 0 Å². The fourth-order valence-electron chi connectivity index (χ4n) is 0.845. The van der Waals surface area contributed by atoms with Gasteiger partial charge in [-0.3, -0.25) is 9.36 Å². The molecule has 0 aromatic carbocycles. The summed E-state index contributed by atoms with van der Waals surface area (Å²) in [6.07, 6.45) is 2.73. The van der Waals surface area contributed by atoms with Gasteiger partial charge in [0.15, 0.2) is 5.78 Å². The van der Waals surface area contributed by atoms with Crippen molar-refractivity contribution < 1.29 is 18.8 Å². The van der Waals surface area contributed by atoms with Crippen molar-refractivity contribution in [3.05, 3.63) is 0 Å². The molecule has 0 aromatic rings. The van der Waals surface area contributed by atoms with Crippen LogP contribution < -0.4 is 0 Å². The van der Waals surface area contributed by atoms with E-state index in [0.717, 1.165) is 12.8 Å². The van der Waals surface area contributed by atoms with Crippen LogP contribution in [0.25, 0.3) is 0 Å². The molecule has 1 fully saturated rings. The van der Waals surface area contributed by atoms with Gasteiger partial charge in [-0.05, 0) is 18.8 Å². The number of Topliss-reactive ketones (excluding diaryl/α,β-unsaturated/α-hetero) is 1. The van der Waals surface area contributed by atoms with E-state index in [0.29, 0.717) is 12.3 Å². The smallest absolute Gasteiger partial charge is 0.317 e. The summed E-state index contributed by atoms with van der Waals surface area (Å²) < 4.78 is 14.3. The van der Waals surface area contributed by atoms with Gasteiger partial charge in [0.25, 0.3) is 0 Å². The van der Waals surface area contributed by atoms with E-state index in [1.165, 1.54) is 0 Å². The lowest BCUT2D eigenvalue weighted by atomic mass is 10.2. The fraction of sp³-hybridized carbons (Fsp3) is 0.833. The molecule has 0 bridgehead atoms. The van der Waals surface area contributed by atoms with Crippen molar-refractivity contribution in [2.45, 2.75) is 19.3 Å². The Bertz CT molecular complexity index is 175. The maximum Gasteiger partial charge on any atom is 0.317 e. The van der Waals surface area contributed by atoms with Crippen molar-refractivity contribution in [3.63, 3.8) is 0 Å². The fourth-order valence-corrected chi connectivity index (χ4v) is 1.13. The second kappa shape index (κ2) is 4.00. The van der Waals surface area contributed by atoms with Crippen LogP contribution in [0.4, 0.5) is 0 Å². The lowest BCUT2D eigenvalue weighted by Gasteiger charge is -1.97. The molecule has 1 unspecified atom stereocenters. The average molecular weight is 178 g/mol. The van der Waals surface area contributed by atoms with Crippen LogP contribution in [0.2, 0.25) is 0 Å². The third kappa shape index (κ3) is 4.30. The monoisotopic (exact) mass is 178 g/mol. The lowest BCUT2D eigenvalue weighted by Crippen LogP contribution is -2.05. The third-order valence-corrected chi connectivity index (χ3v) is 1.96. The largest absolute Gasteiger partial charge is 0.326 e. The summed E-state index contributed by atoms with van der Waals surface area (Å²) in [4.78, 5) is 19.1. The Morgan fingerprint density at radius 1 is 1.64 bits per heavy atom. The number of carbonyl (C=O) groups is 1. The van der Waals surface area contributed by atoms with Crippen molar-refractivity contribution in [1.29, 1.82) is 0 Å². The molecular weight excluding hydrogens is 167 g/mol. The standard InChI is InChI=1S/C6H11O4P/c7-6(3-5-1-2-5)4-10-11(8)9/h5,11H,1-4H2,(H,8,9). The summed E-state index contributed by atoms with van der Waals surface area (Å²) in [6.45, 7) is -0.204. The van der Waals surface area contributed by atoms with Crippen LogP contribution in [0, 0.1) is 5.92 Å². The summed E-state index contributed by atoms with van der Waals surface area (Å²) in [5.74, 6) is 0.451. The molecule has 64 valence electrons. The molecule has 1 atom stereocenters. The summed E-state index contributed by atoms with van der Waals surface area (Å²) in [7, 11) is -2.92. The van der Waals surface area contributed by atoms with E-state index in [2.05, 4.69) is 4.52 Å². The molecule has 0 radical (unpaired) electrons. The van der Waals surface area contributed by atoms with Crippen LogP contribution >= 0.6 is 8.25 Å². The van der Waals surface area contributed by atoms with Gasteiger partial charge in [0, 0.05) is 6.42 Å². The van der Waals surface area contributed by atoms with Crippen molar-refractivity contribution in [1.82, 2.24) is 0 Å². The Balaban J connectivity index is 2.04. The highest BCUT2D eigenvalue weighted by Crippen LogP contribution is 2.32. The molecule has 1 aliphatic carbocycles. The highest BCUT2D eigenvalue weighted by atomic mass is 31.1. The maximum absolute atomic E-state index is 10.8. The van der Waals surface area contributed by atoms with Gasteiger partial charge in [-0.1, -0.05) is 0 Å². The van der Waals surface area contributed by atoms with E-state index in [-0.39, 0.29) is 12.4 Å². The van der Waals surface area contributed by atoms with E-state index in [1.807, 2.05) is 0 Å². The Morgan fingerprint density at radius 3 is 2.73 bits per heavy atom. The topological polar surface area (TPSA) is 63.6 Å². The van der Waals surface area contributed by atoms with Crippen molar-refractivity contribution >= 4 is 14.0 Å². The summed E-state index contributed by atoms with van der Waals surface area (Å²) in [5.41, 5.74) is 0. The number of ketones is 1. The molecule has 1 N–H and O–H groups in total. The SMILES string of the molecule is O=C(CO[PH](=O)O)CC1CC1. The molecule has 4 nitrogen and oxygen atoms in total. The molecule has 1 saturated carbocycles. The first kappa shape index (κ1) is 8.91. The van der Waals surface area contributed by atoms with Crippen molar-refractivity contribution in [2.24, 2.45) is 5.92 Å². The van der Waals surface area contributed by atoms with Gasteiger partial charge in [-0.25, -0.2) is 0 Å². The lowest BCUT2D eigenvalue weighted by molar-refractivity contribution is -0.121. The van der Waals surface area contributed by atoms with Crippen molar-refractivity contribution in [2.75, 3.05) is 6.61 Å². The zero-order valence-electron chi connectivity index (χ0n) is 6.08. The highest BCUT2D eigenvalue weighted by molar-refractivity contribution is 7.32. The maximum atomic E-state index is 10.8. The van der Waals surface area contributed by atoms with Gasteiger partial charge in [-0.2, -0.15) is 0 Å². The normalized spacial score (nSPS) is 19.7. The number of carbonyl (C=O) groups excluding carboxylic acids is 1. The first-order valence-electron chi connectivity index (χ1n) is 3.56. The molecule has 0 amide bonds. The predicted octanol–water partition coefficient (Wildman–Crippen LogP) is 0.754. The van der Waals surface area contributed by atoms with Crippen LogP contribution in [-0.4, -0.2) is 17.3 Å². The first-order valence-corrected chi connectivity index (χ1v) is 4.82. The van der Waals surface area contributed by atoms with Crippen LogP contribution in [0.15, 0.2) is 0 Å². The quantitative estimate of drug-likeness (QED) is 0.631. The Hall–Kier alpha value is -0.180. The Morgan fingerprint density at radius 2 is 2.27 bits per heavy atom. The second-order valence-electron chi connectivity index (χ2n) is 2.74. The summed E-state index contributed by atoms with van der Waals surface area (Å²) >= 11 is 0. The molecule has 5 heteroatoms. The van der Waals surface area contributed by atoms with Gasteiger partial charge in [-0.15, -0.1) is 0 Å². The number of rotatable bonds is 5. The molecule has 1 rings (SSSR count). The minimum atomic E-state index is -2.92. The van der Waals surface area contributed by atoms with Gasteiger partial charge in [0.1, 0.15) is 6.61 Å². The van der Waals surface area contributed by atoms with Crippen LogP contribution in [0.5, 0.6) is 0 Å². The Kier molecular flexibility index (Phi) is 3.24. The molecule has 0 aromatic heterocycles. The van der Waals surface area contributed by atoms with E-state index >= 15 is 0 Å². The van der Waals surface area contributed by atoms with Gasteiger partial charge in [0.05, 0.1) is 0 Å². The van der Waals surface area contributed by atoms with Gasteiger partial charge < -0.3 is 9.42 Å².